The van der Waals surface area contributed by atoms with Crippen LogP contribution >= 0.6 is 0 Å². The summed E-state index contributed by atoms with van der Waals surface area (Å²) in [5.74, 6) is -0.958. The van der Waals surface area contributed by atoms with E-state index < -0.39 is 11.9 Å². The Morgan fingerprint density at radius 2 is 2.46 bits per heavy atom. The molecule has 72 valence electrons. The molecule has 0 aliphatic carbocycles. The average Bonchev–Trinajstić information content (AvgIpc) is 2.42. The van der Waals surface area contributed by atoms with Crippen LogP contribution in [0.25, 0.3) is 10.4 Å². The standard InChI is InChI=1S/C7H11N3O3/c1-7(2)12-4-6(13-7)5(11)3-9-10-8/h6H,3-4H2,1-2H3/t6-/m0/s1. The van der Waals surface area contributed by atoms with Crippen molar-refractivity contribution < 1.29 is 14.3 Å². The number of azide groups is 1. The third-order valence-electron chi connectivity index (χ3n) is 1.66. The molecular formula is C7H11N3O3. The predicted octanol–water partition coefficient (Wildman–Crippen LogP) is 1.02. The average molecular weight is 185 g/mol. The molecule has 0 aromatic heterocycles. The zero-order valence-electron chi connectivity index (χ0n) is 7.56. The summed E-state index contributed by atoms with van der Waals surface area (Å²) in [6.45, 7) is 3.51. The van der Waals surface area contributed by atoms with Crippen molar-refractivity contribution in [3.63, 3.8) is 0 Å². The van der Waals surface area contributed by atoms with Gasteiger partial charge in [0.05, 0.1) is 13.2 Å². The summed E-state index contributed by atoms with van der Waals surface area (Å²) in [5, 5.41) is 3.16. The normalized spacial score (nSPS) is 25.2. The molecule has 0 spiro atoms. The van der Waals surface area contributed by atoms with E-state index in [0.717, 1.165) is 0 Å². The van der Waals surface area contributed by atoms with Crippen LogP contribution in [-0.2, 0) is 14.3 Å². The highest BCUT2D eigenvalue weighted by molar-refractivity contribution is 5.85. The maximum Gasteiger partial charge on any atom is 0.169 e. The quantitative estimate of drug-likeness (QED) is 0.373. The van der Waals surface area contributed by atoms with Gasteiger partial charge in [-0.2, -0.15) is 0 Å². The smallest absolute Gasteiger partial charge is 0.169 e. The highest BCUT2D eigenvalue weighted by Crippen LogP contribution is 2.22. The third-order valence-corrected chi connectivity index (χ3v) is 1.66. The van der Waals surface area contributed by atoms with Gasteiger partial charge in [-0.15, -0.1) is 0 Å². The van der Waals surface area contributed by atoms with Crippen LogP contribution < -0.4 is 0 Å². The van der Waals surface area contributed by atoms with Crippen molar-refractivity contribution >= 4 is 5.78 Å². The Labute approximate surface area is 75.4 Å². The maximum absolute atomic E-state index is 11.2. The minimum Gasteiger partial charge on any atom is -0.347 e. The topological polar surface area (TPSA) is 84.3 Å². The van der Waals surface area contributed by atoms with Crippen LogP contribution in [-0.4, -0.2) is 30.8 Å². The number of nitrogens with zero attached hydrogens (tertiary/aromatic N) is 3. The largest absolute Gasteiger partial charge is 0.347 e. The van der Waals surface area contributed by atoms with Crippen molar-refractivity contribution in [2.75, 3.05) is 13.2 Å². The molecule has 1 aliphatic rings. The van der Waals surface area contributed by atoms with Crippen molar-refractivity contribution in [1.29, 1.82) is 0 Å². The van der Waals surface area contributed by atoms with Gasteiger partial charge >= 0.3 is 0 Å². The molecule has 0 amide bonds. The number of carbonyl (C=O) groups is 1. The Morgan fingerprint density at radius 1 is 1.77 bits per heavy atom. The molecule has 1 atom stereocenters. The van der Waals surface area contributed by atoms with Crippen LogP contribution in [0.3, 0.4) is 0 Å². The van der Waals surface area contributed by atoms with Gasteiger partial charge < -0.3 is 9.47 Å². The molecule has 0 bridgehead atoms. The Hall–Kier alpha value is -1.10. The van der Waals surface area contributed by atoms with Crippen LogP contribution in [0.15, 0.2) is 5.11 Å². The molecule has 0 radical (unpaired) electrons. The summed E-state index contributed by atoms with van der Waals surface area (Å²) in [6, 6.07) is 0. The summed E-state index contributed by atoms with van der Waals surface area (Å²) < 4.78 is 10.4. The minimum atomic E-state index is -0.712. The first-order valence-corrected chi connectivity index (χ1v) is 3.90. The van der Waals surface area contributed by atoms with E-state index in [1.807, 2.05) is 0 Å². The highest BCUT2D eigenvalue weighted by atomic mass is 16.7. The molecule has 1 rings (SSSR count). The van der Waals surface area contributed by atoms with Crippen molar-refractivity contribution in [3.05, 3.63) is 10.4 Å². The zero-order valence-corrected chi connectivity index (χ0v) is 7.56. The molecule has 0 saturated carbocycles. The third kappa shape index (κ3) is 2.69. The van der Waals surface area contributed by atoms with E-state index in [9.17, 15) is 4.79 Å². The lowest BCUT2D eigenvalue weighted by molar-refractivity contribution is -0.151. The first kappa shape index (κ1) is 9.98. The summed E-state index contributed by atoms with van der Waals surface area (Å²) >= 11 is 0. The van der Waals surface area contributed by atoms with Gasteiger partial charge in [0.1, 0.15) is 6.10 Å². The second kappa shape index (κ2) is 3.74. The first-order valence-electron chi connectivity index (χ1n) is 3.90. The molecule has 0 aromatic carbocycles. The van der Waals surface area contributed by atoms with Crippen LogP contribution in [0.1, 0.15) is 13.8 Å². The van der Waals surface area contributed by atoms with E-state index in [1.165, 1.54) is 0 Å². The van der Waals surface area contributed by atoms with Crippen molar-refractivity contribution in [2.45, 2.75) is 25.7 Å². The van der Waals surface area contributed by atoms with E-state index in [2.05, 4.69) is 10.0 Å². The molecule has 1 saturated heterocycles. The summed E-state index contributed by atoms with van der Waals surface area (Å²) in [5.41, 5.74) is 7.99. The lowest BCUT2D eigenvalue weighted by Gasteiger charge is -2.15. The highest BCUT2D eigenvalue weighted by Gasteiger charge is 2.36. The lowest BCUT2D eigenvalue weighted by Crippen LogP contribution is -2.28. The second-order valence-electron chi connectivity index (χ2n) is 3.17. The monoisotopic (exact) mass is 185 g/mol. The van der Waals surface area contributed by atoms with Gasteiger partial charge in [0.15, 0.2) is 11.6 Å². The number of hydrogen-bond donors (Lipinski definition) is 0. The summed E-state index contributed by atoms with van der Waals surface area (Å²) in [6.07, 6.45) is -0.597. The van der Waals surface area contributed by atoms with Crippen molar-refractivity contribution in [2.24, 2.45) is 5.11 Å². The Balaban J connectivity index is 2.46. The fourth-order valence-electron chi connectivity index (χ4n) is 1.05. The number of Topliss-reactive ketones (excluding diaryl/α,β-unsaturated/α-hetero) is 1. The predicted molar refractivity (Wildman–Crippen MR) is 43.9 cm³/mol. The fourth-order valence-corrected chi connectivity index (χ4v) is 1.05. The van der Waals surface area contributed by atoms with Gasteiger partial charge in [-0.25, -0.2) is 0 Å². The minimum absolute atomic E-state index is 0.180. The Bertz CT molecular complexity index is 258. The molecule has 1 fully saturated rings. The van der Waals surface area contributed by atoms with Gasteiger partial charge in [-0.1, -0.05) is 5.11 Å². The molecule has 0 aromatic rings. The second-order valence-corrected chi connectivity index (χ2v) is 3.17. The van der Waals surface area contributed by atoms with Gasteiger partial charge in [0.2, 0.25) is 0 Å². The summed E-state index contributed by atoms with van der Waals surface area (Å²) in [7, 11) is 0. The van der Waals surface area contributed by atoms with Crippen LogP contribution in [0, 0.1) is 0 Å². The van der Waals surface area contributed by atoms with Crippen LogP contribution in [0.2, 0.25) is 0 Å². The van der Waals surface area contributed by atoms with E-state index in [1.54, 1.807) is 13.8 Å². The molecule has 1 aliphatic heterocycles. The molecular weight excluding hydrogens is 174 g/mol. The summed E-state index contributed by atoms with van der Waals surface area (Å²) in [4.78, 5) is 13.7. The number of ketones is 1. The first-order chi connectivity index (χ1) is 6.05. The van der Waals surface area contributed by atoms with Crippen LogP contribution in [0.5, 0.6) is 0 Å². The number of hydrogen-bond acceptors (Lipinski definition) is 4. The fraction of sp³-hybridized carbons (Fsp3) is 0.857. The maximum atomic E-state index is 11.2. The number of carbonyl (C=O) groups excluding carboxylic acids is 1. The SMILES string of the molecule is CC1(C)OC[C@@H](C(=O)CN=[N+]=[N-])O1. The lowest BCUT2D eigenvalue weighted by atomic mass is 10.2. The molecule has 0 unspecified atom stereocenters. The van der Waals surface area contributed by atoms with E-state index in [4.69, 9.17) is 15.0 Å². The van der Waals surface area contributed by atoms with E-state index in [0.29, 0.717) is 0 Å². The van der Waals surface area contributed by atoms with E-state index in [-0.39, 0.29) is 18.9 Å². The van der Waals surface area contributed by atoms with E-state index >= 15 is 0 Å². The van der Waals surface area contributed by atoms with Gasteiger partial charge in [0.25, 0.3) is 0 Å². The molecule has 6 nitrogen and oxygen atoms in total. The van der Waals surface area contributed by atoms with Crippen LogP contribution in [0.4, 0.5) is 0 Å². The van der Waals surface area contributed by atoms with Crippen molar-refractivity contribution in [3.8, 4) is 0 Å². The Kier molecular flexibility index (Phi) is 2.87. The van der Waals surface area contributed by atoms with Gasteiger partial charge in [-0.3, -0.25) is 4.79 Å². The van der Waals surface area contributed by atoms with Gasteiger partial charge in [-0.05, 0) is 19.4 Å². The number of ether oxygens (including phenoxy) is 2. The Morgan fingerprint density at radius 3 is 2.92 bits per heavy atom. The molecule has 6 heteroatoms. The number of rotatable bonds is 3. The molecule has 13 heavy (non-hydrogen) atoms. The zero-order chi connectivity index (χ0) is 9.90. The van der Waals surface area contributed by atoms with Crippen molar-refractivity contribution in [1.82, 2.24) is 0 Å². The molecule has 0 N–H and O–H groups in total. The molecule has 1 heterocycles. The van der Waals surface area contributed by atoms with Gasteiger partial charge in [0, 0.05) is 4.91 Å².